The Labute approximate surface area is 168 Å². The zero-order valence-electron chi connectivity index (χ0n) is 14.2. The Balaban J connectivity index is 1.98. The number of hydrogen-bond acceptors (Lipinski definition) is 5. The average molecular weight is 450 g/mol. The van der Waals surface area contributed by atoms with Crippen LogP contribution in [-0.4, -0.2) is 24.4 Å². The van der Waals surface area contributed by atoms with Crippen molar-refractivity contribution in [3.63, 3.8) is 0 Å². The Morgan fingerprint density at radius 1 is 1.11 bits per heavy atom. The van der Waals surface area contributed by atoms with E-state index >= 15 is 0 Å². The van der Waals surface area contributed by atoms with Gasteiger partial charge in [-0.05, 0) is 47.1 Å². The van der Waals surface area contributed by atoms with Crippen LogP contribution in [0, 0.1) is 0 Å². The van der Waals surface area contributed by atoms with E-state index < -0.39 is 17.8 Å². The van der Waals surface area contributed by atoms with Crippen LogP contribution in [0.2, 0.25) is 0 Å². The van der Waals surface area contributed by atoms with Crippen LogP contribution in [0.25, 0.3) is 0 Å². The number of hydrogen-bond donors (Lipinski definition) is 1. The molecule has 0 fully saturated rings. The number of ether oxygens (including phenoxy) is 1. The van der Waals surface area contributed by atoms with Gasteiger partial charge in [-0.25, -0.2) is 9.69 Å². The first kappa shape index (κ1) is 19.1. The summed E-state index contributed by atoms with van der Waals surface area (Å²) in [7, 11) is 0. The smallest absolute Gasteiger partial charge is 0.340 e. The van der Waals surface area contributed by atoms with Crippen LogP contribution in [0.3, 0.4) is 0 Å². The van der Waals surface area contributed by atoms with Crippen molar-refractivity contribution >= 4 is 56.7 Å². The lowest BCUT2D eigenvalue weighted by atomic mass is 10.1. The molecule has 0 atom stereocenters. The number of rotatable bonds is 5. The van der Waals surface area contributed by atoms with Gasteiger partial charge in [-0.3, -0.25) is 9.59 Å². The summed E-state index contributed by atoms with van der Waals surface area (Å²) in [6, 6.07) is 13.3. The van der Waals surface area contributed by atoms with Gasteiger partial charge >= 0.3 is 5.97 Å². The monoisotopic (exact) mass is 448 g/mol. The first-order valence-corrected chi connectivity index (χ1v) is 9.19. The molecule has 27 heavy (non-hydrogen) atoms. The third kappa shape index (κ3) is 3.61. The Bertz CT molecular complexity index is 974. The molecule has 0 saturated heterocycles. The zero-order valence-corrected chi connectivity index (χ0v) is 16.5. The molecule has 138 valence electrons. The van der Waals surface area contributed by atoms with Gasteiger partial charge in [0.25, 0.3) is 11.8 Å². The fourth-order valence-electron chi connectivity index (χ4n) is 2.58. The van der Waals surface area contributed by atoms with Crippen LogP contribution in [-0.2, 0) is 14.3 Å². The molecule has 2 aromatic rings. The molecule has 1 heterocycles. The summed E-state index contributed by atoms with van der Waals surface area (Å²) in [5, 5.41) is 2.63. The predicted molar refractivity (Wildman–Crippen MR) is 106 cm³/mol. The maximum atomic E-state index is 12.9. The summed E-state index contributed by atoms with van der Waals surface area (Å²) in [5.41, 5.74) is 0.736. The van der Waals surface area contributed by atoms with Crippen LogP contribution in [0.4, 0.5) is 11.4 Å². The number of halogens is 2. The number of imide groups is 1. The van der Waals surface area contributed by atoms with Gasteiger partial charge < -0.3 is 10.1 Å². The number of carbonyl (C=O) groups excluding carboxylic acids is 3. The molecule has 1 aliphatic heterocycles. The van der Waals surface area contributed by atoms with Crippen molar-refractivity contribution in [2.75, 3.05) is 16.8 Å². The predicted octanol–water partition coefficient (Wildman–Crippen LogP) is 4.06. The first-order chi connectivity index (χ1) is 13.0. The minimum absolute atomic E-state index is 0.0628. The third-order valence-electron chi connectivity index (χ3n) is 3.80. The maximum absolute atomic E-state index is 12.9. The van der Waals surface area contributed by atoms with E-state index in [4.69, 9.17) is 16.3 Å². The molecule has 1 N–H and O–H groups in total. The SMILES string of the molecule is CCOC(=O)c1ccccc1N1C(=O)C(Cl)=C(Nc2ccccc2Br)C1=O. The highest BCUT2D eigenvalue weighted by molar-refractivity contribution is 9.10. The molecule has 0 radical (unpaired) electrons. The van der Waals surface area contributed by atoms with Crippen molar-refractivity contribution in [3.05, 3.63) is 69.3 Å². The lowest BCUT2D eigenvalue weighted by Gasteiger charge is -2.18. The second-order valence-electron chi connectivity index (χ2n) is 5.48. The van der Waals surface area contributed by atoms with E-state index in [2.05, 4.69) is 21.2 Å². The van der Waals surface area contributed by atoms with Gasteiger partial charge in [0, 0.05) is 4.47 Å². The Morgan fingerprint density at radius 3 is 2.48 bits per heavy atom. The zero-order chi connectivity index (χ0) is 19.6. The van der Waals surface area contributed by atoms with Crippen LogP contribution >= 0.6 is 27.5 Å². The average Bonchev–Trinajstić information content (AvgIpc) is 2.87. The molecule has 0 spiro atoms. The summed E-state index contributed by atoms with van der Waals surface area (Å²) in [4.78, 5) is 38.6. The summed E-state index contributed by atoms with van der Waals surface area (Å²) in [5.74, 6) is -2.00. The second kappa shape index (κ2) is 7.94. The van der Waals surface area contributed by atoms with Crippen LogP contribution in [0.5, 0.6) is 0 Å². The summed E-state index contributed by atoms with van der Waals surface area (Å²) >= 11 is 9.50. The third-order valence-corrected chi connectivity index (χ3v) is 4.84. The molecule has 2 amide bonds. The van der Waals surface area contributed by atoms with E-state index in [1.165, 1.54) is 12.1 Å². The van der Waals surface area contributed by atoms with Gasteiger partial charge in [0.15, 0.2) is 0 Å². The summed E-state index contributed by atoms with van der Waals surface area (Å²) < 4.78 is 5.71. The number of para-hydroxylation sites is 2. The molecule has 8 heteroatoms. The fourth-order valence-corrected chi connectivity index (χ4v) is 3.17. The number of benzene rings is 2. The molecule has 6 nitrogen and oxygen atoms in total. The van der Waals surface area contributed by atoms with E-state index in [1.54, 1.807) is 37.3 Å². The second-order valence-corrected chi connectivity index (χ2v) is 6.71. The molecule has 0 aliphatic carbocycles. The van der Waals surface area contributed by atoms with Gasteiger partial charge in [-0.1, -0.05) is 35.9 Å². The normalized spacial score (nSPS) is 14.0. The Kier molecular flexibility index (Phi) is 5.62. The minimum atomic E-state index is -0.715. The Morgan fingerprint density at radius 2 is 1.78 bits per heavy atom. The molecule has 3 rings (SSSR count). The van der Waals surface area contributed by atoms with E-state index in [9.17, 15) is 14.4 Å². The number of carbonyl (C=O) groups is 3. The van der Waals surface area contributed by atoms with Crippen molar-refractivity contribution in [1.82, 2.24) is 0 Å². The van der Waals surface area contributed by atoms with Gasteiger partial charge in [0.2, 0.25) is 0 Å². The first-order valence-electron chi connectivity index (χ1n) is 8.02. The lowest BCUT2D eigenvalue weighted by molar-refractivity contribution is -0.120. The Hall–Kier alpha value is -2.64. The molecule has 0 unspecified atom stereocenters. The highest BCUT2D eigenvalue weighted by Gasteiger charge is 2.40. The van der Waals surface area contributed by atoms with Gasteiger partial charge in [0.1, 0.15) is 10.7 Å². The molecule has 0 aromatic heterocycles. The highest BCUT2D eigenvalue weighted by Crippen LogP contribution is 2.33. The van der Waals surface area contributed by atoms with E-state index in [0.717, 1.165) is 4.90 Å². The topological polar surface area (TPSA) is 75.7 Å². The fraction of sp³-hybridized carbons (Fsp3) is 0.105. The van der Waals surface area contributed by atoms with Crippen molar-refractivity contribution in [1.29, 1.82) is 0 Å². The number of amides is 2. The van der Waals surface area contributed by atoms with Crippen LogP contribution in [0.15, 0.2) is 63.7 Å². The van der Waals surface area contributed by atoms with Crippen LogP contribution in [0.1, 0.15) is 17.3 Å². The number of nitrogens with one attached hydrogen (secondary N) is 1. The van der Waals surface area contributed by atoms with E-state index in [0.29, 0.717) is 10.2 Å². The van der Waals surface area contributed by atoms with Gasteiger partial charge in [-0.15, -0.1) is 0 Å². The quantitative estimate of drug-likeness (QED) is 0.550. The van der Waals surface area contributed by atoms with Crippen molar-refractivity contribution < 1.29 is 19.1 Å². The molecule has 0 bridgehead atoms. The van der Waals surface area contributed by atoms with E-state index in [1.807, 2.05) is 6.07 Å². The van der Waals surface area contributed by atoms with Crippen LogP contribution < -0.4 is 10.2 Å². The molecular weight excluding hydrogens is 436 g/mol. The van der Waals surface area contributed by atoms with Gasteiger partial charge in [0.05, 0.1) is 23.5 Å². The number of anilines is 2. The maximum Gasteiger partial charge on any atom is 0.340 e. The minimum Gasteiger partial charge on any atom is -0.462 e. The van der Waals surface area contributed by atoms with Crippen molar-refractivity contribution in [3.8, 4) is 0 Å². The van der Waals surface area contributed by atoms with Gasteiger partial charge in [-0.2, -0.15) is 0 Å². The molecular formula is C19H14BrClN2O4. The summed E-state index contributed by atoms with van der Waals surface area (Å²) in [6.07, 6.45) is 0. The van der Waals surface area contributed by atoms with Crippen molar-refractivity contribution in [2.24, 2.45) is 0 Å². The lowest BCUT2D eigenvalue weighted by Crippen LogP contribution is -2.33. The summed E-state index contributed by atoms with van der Waals surface area (Å²) in [6.45, 7) is 1.84. The number of nitrogens with zero attached hydrogens (tertiary/aromatic N) is 1. The van der Waals surface area contributed by atoms with E-state index in [-0.39, 0.29) is 28.6 Å². The van der Waals surface area contributed by atoms with Crippen molar-refractivity contribution in [2.45, 2.75) is 6.92 Å². The largest absolute Gasteiger partial charge is 0.462 e. The standard InChI is InChI=1S/C19H14BrClN2O4/c1-2-27-19(26)11-7-3-6-10-14(11)23-17(24)15(21)16(18(23)25)22-13-9-5-4-8-12(13)20/h3-10,22H,2H2,1H3. The highest BCUT2D eigenvalue weighted by atomic mass is 79.9. The molecule has 1 aliphatic rings. The molecule has 2 aromatic carbocycles. The number of esters is 1. The molecule has 0 saturated carbocycles.